The van der Waals surface area contributed by atoms with Crippen molar-refractivity contribution in [3.8, 4) is 0 Å². The quantitative estimate of drug-likeness (QED) is 0.769. The Labute approximate surface area is 137 Å². The molecule has 0 atom stereocenters. The van der Waals surface area contributed by atoms with Gasteiger partial charge in [0.05, 0.1) is 0 Å². The lowest BCUT2D eigenvalue weighted by Gasteiger charge is -2.33. The predicted molar refractivity (Wildman–Crippen MR) is 89.0 cm³/mol. The zero-order valence-corrected chi connectivity index (χ0v) is 13.9. The predicted octanol–water partition coefficient (Wildman–Crippen LogP) is 1.05. The normalized spacial score (nSPS) is 16.3. The van der Waals surface area contributed by atoms with E-state index in [-0.39, 0.29) is 17.7 Å². The third-order valence-corrected chi connectivity index (χ3v) is 4.28. The fraction of sp³-hybridized carbons (Fsp3) is 0.588. The smallest absolute Gasteiger partial charge is 0.251 e. The van der Waals surface area contributed by atoms with Crippen LogP contribution in [-0.4, -0.2) is 53.9 Å². The lowest BCUT2D eigenvalue weighted by molar-refractivity contribution is -0.126. The molecule has 0 aliphatic carbocycles. The minimum Gasteiger partial charge on any atom is -0.354 e. The number of carbonyl (C=O) groups is 2. The molecule has 0 aromatic carbocycles. The summed E-state index contributed by atoms with van der Waals surface area (Å²) >= 11 is 0. The van der Waals surface area contributed by atoms with Crippen LogP contribution in [0.1, 0.15) is 37.0 Å². The van der Waals surface area contributed by atoms with Gasteiger partial charge in [-0.15, -0.1) is 0 Å². The Morgan fingerprint density at radius 2 is 1.78 bits per heavy atom. The average Bonchev–Trinajstić information content (AvgIpc) is 2.59. The van der Waals surface area contributed by atoms with E-state index in [2.05, 4.69) is 34.4 Å². The molecule has 1 fully saturated rings. The van der Waals surface area contributed by atoms with Gasteiger partial charge in [0, 0.05) is 43.0 Å². The first kappa shape index (κ1) is 17.4. The van der Waals surface area contributed by atoms with Crippen molar-refractivity contribution < 1.29 is 9.59 Å². The van der Waals surface area contributed by atoms with Gasteiger partial charge in [0.1, 0.15) is 0 Å². The van der Waals surface area contributed by atoms with E-state index in [1.54, 1.807) is 24.5 Å². The van der Waals surface area contributed by atoms with Crippen molar-refractivity contribution in [1.82, 2.24) is 20.5 Å². The van der Waals surface area contributed by atoms with Gasteiger partial charge in [0.2, 0.25) is 5.91 Å². The van der Waals surface area contributed by atoms with Crippen LogP contribution in [0.5, 0.6) is 0 Å². The number of piperidine rings is 1. The van der Waals surface area contributed by atoms with E-state index in [1.807, 2.05) is 0 Å². The van der Waals surface area contributed by atoms with E-state index in [0.29, 0.717) is 24.7 Å². The molecule has 0 bridgehead atoms. The van der Waals surface area contributed by atoms with E-state index >= 15 is 0 Å². The Morgan fingerprint density at radius 1 is 1.17 bits per heavy atom. The first-order valence-corrected chi connectivity index (χ1v) is 8.28. The van der Waals surface area contributed by atoms with Crippen LogP contribution in [0.15, 0.2) is 24.5 Å². The lowest BCUT2D eigenvalue weighted by atomic mass is 9.95. The topological polar surface area (TPSA) is 74.3 Å². The highest BCUT2D eigenvalue weighted by Gasteiger charge is 2.25. The molecule has 0 spiro atoms. The minimum atomic E-state index is -0.146. The molecule has 126 valence electrons. The molecule has 2 rings (SSSR count). The number of amides is 2. The summed E-state index contributed by atoms with van der Waals surface area (Å²) in [6.45, 7) is 7.22. The number of pyridine rings is 1. The maximum Gasteiger partial charge on any atom is 0.251 e. The molecule has 23 heavy (non-hydrogen) atoms. The summed E-state index contributed by atoms with van der Waals surface area (Å²) in [4.78, 5) is 30.2. The monoisotopic (exact) mass is 318 g/mol. The van der Waals surface area contributed by atoms with Crippen molar-refractivity contribution in [3.05, 3.63) is 30.1 Å². The molecule has 0 unspecified atom stereocenters. The van der Waals surface area contributed by atoms with E-state index in [1.165, 1.54) is 0 Å². The molecule has 6 heteroatoms. The Morgan fingerprint density at radius 3 is 2.39 bits per heavy atom. The van der Waals surface area contributed by atoms with Crippen LogP contribution in [0, 0.1) is 5.92 Å². The van der Waals surface area contributed by atoms with Gasteiger partial charge < -0.3 is 15.5 Å². The largest absolute Gasteiger partial charge is 0.354 e. The van der Waals surface area contributed by atoms with Crippen LogP contribution in [0.4, 0.5) is 0 Å². The molecule has 1 aliphatic heterocycles. The van der Waals surface area contributed by atoms with Crippen LogP contribution in [0.25, 0.3) is 0 Å². The molecule has 0 radical (unpaired) electrons. The van der Waals surface area contributed by atoms with Crippen molar-refractivity contribution in [1.29, 1.82) is 0 Å². The van der Waals surface area contributed by atoms with Gasteiger partial charge in [-0.1, -0.05) is 0 Å². The lowest BCUT2D eigenvalue weighted by Crippen LogP contribution is -2.44. The fourth-order valence-corrected chi connectivity index (χ4v) is 2.79. The number of hydrogen-bond acceptors (Lipinski definition) is 4. The molecule has 2 N–H and O–H groups in total. The zero-order valence-electron chi connectivity index (χ0n) is 13.9. The van der Waals surface area contributed by atoms with Crippen LogP contribution in [0.2, 0.25) is 0 Å². The van der Waals surface area contributed by atoms with Crippen molar-refractivity contribution in [3.63, 3.8) is 0 Å². The van der Waals surface area contributed by atoms with Crippen LogP contribution in [0.3, 0.4) is 0 Å². The number of nitrogens with one attached hydrogen (secondary N) is 2. The Hall–Kier alpha value is -1.95. The van der Waals surface area contributed by atoms with Crippen molar-refractivity contribution >= 4 is 11.8 Å². The molecule has 1 aromatic rings. The first-order valence-electron chi connectivity index (χ1n) is 8.28. The van der Waals surface area contributed by atoms with Crippen LogP contribution >= 0.6 is 0 Å². The highest BCUT2D eigenvalue weighted by atomic mass is 16.2. The minimum absolute atomic E-state index is 0.0981. The number of rotatable bonds is 6. The van der Waals surface area contributed by atoms with Crippen molar-refractivity contribution in [2.24, 2.45) is 5.92 Å². The van der Waals surface area contributed by atoms with Gasteiger partial charge in [-0.2, -0.15) is 0 Å². The zero-order chi connectivity index (χ0) is 16.7. The summed E-state index contributed by atoms with van der Waals surface area (Å²) in [5, 5.41) is 5.71. The van der Waals surface area contributed by atoms with E-state index in [0.717, 1.165) is 25.9 Å². The SMILES string of the molecule is CC(C)N1CCC(C(=O)NCCNC(=O)c2ccncc2)CC1. The van der Waals surface area contributed by atoms with Gasteiger partial charge >= 0.3 is 0 Å². The van der Waals surface area contributed by atoms with E-state index in [4.69, 9.17) is 0 Å². The second kappa shape index (κ2) is 8.62. The number of hydrogen-bond donors (Lipinski definition) is 2. The molecule has 0 saturated carbocycles. The number of likely N-dealkylation sites (tertiary alicyclic amines) is 1. The Balaban J connectivity index is 1.63. The second-order valence-corrected chi connectivity index (χ2v) is 6.19. The van der Waals surface area contributed by atoms with E-state index in [9.17, 15) is 9.59 Å². The molecule has 6 nitrogen and oxygen atoms in total. The molecule has 1 aromatic heterocycles. The van der Waals surface area contributed by atoms with Gasteiger partial charge in [-0.25, -0.2) is 0 Å². The number of carbonyl (C=O) groups excluding carboxylic acids is 2. The van der Waals surface area contributed by atoms with E-state index < -0.39 is 0 Å². The summed E-state index contributed by atoms with van der Waals surface area (Å²) in [6.07, 6.45) is 4.99. The van der Waals surface area contributed by atoms with Gasteiger partial charge in [0.25, 0.3) is 5.91 Å². The van der Waals surface area contributed by atoms with Crippen LogP contribution in [-0.2, 0) is 4.79 Å². The van der Waals surface area contributed by atoms with Crippen molar-refractivity contribution in [2.75, 3.05) is 26.2 Å². The molecule has 2 heterocycles. The summed E-state index contributed by atoms with van der Waals surface area (Å²) in [7, 11) is 0. The maximum absolute atomic E-state index is 12.1. The maximum atomic E-state index is 12.1. The third kappa shape index (κ3) is 5.32. The standard InChI is InChI=1S/C17H26N4O2/c1-13(2)21-11-5-15(6-12-21)17(23)20-10-9-19-16(22)14-3-7-18-8-4-14/h3-4,7-8,13,15H,5-6,9-12H2,1-2H3,(H,19,22)(H,20,23). The van der Waals surface area contributed by atoms with Crippen LogP contribution < -0.4 is 10.6 Å². The fourth-order valence-electron chi connectivity index (χ4n) is 2.79. The molecule has 2 amide bonds. The average molecular weight is 318 g/mol. The first-order chi connectivity index (χ1) is 11.1. The Kier molecular flexibility index (Phi) is 6.52. The highest BCUT2D eigenvalue weighted by Crippen LogP contribution is 2.18. The molecule has 1 aliphatic rings. The summed E-state index contributed by atoms with van der Waals surface area (Å²) < 4.78 is 0. The van der Waals surface area contributed by atoms with Crippen molar-refractivity contribution in [2.45, 2.75) is 32.7 Å². The number of aromatic nitrogens is 1. The molecular weight excluding hydrogens is 292 g/mol. The van der Waals surface area contributed by atoms with Gasteiger partial charge in [0.15, 0.2) is 0 Å². The molecular formula is C17H26N4O2. The summed E-state index contributed by atoms with van der Waals surface area (Å²) in [5.41, 5.74) is 0.576. The summed E-state index contributed by atoms with van der Waals surface area (Å²) in [6, 6.07) is 3.87. The van der Waals surface area contributed by atoms with Gasteiger partial charge in [-0.3, -0.25) is 14.6 Å². The highest BCUT2D eigenvalue weighted by molar-refractivity contribution is 5.93. The third-order valence-electron chi connectivity index (χ3n) is 4.28. The second-order valence-electron chi connectivity index (χ2n) is 6.19. The number of nitrogens with zero attached hydrogens (tertiary/aromatic N) is 2. The van der Waals surface area contributed by atoms with Gasteiger partial charge in [-0.05, 0) is 51.9 Å². The Bertz CT molecular complexity index is 511. The summed E-state index contributed by atoms with van der Waals surface area (Å²) in [5.74, 6) is 0.0550. The molecule has 1 saturated heterocycles.